The largest absolute Gasteiger partial charge is 0.492 e. The molecule has 0 saturated carbocycles. The first kappa shape index (κ1) is 20.3. The number of nitrogens with one attached hydrogen (secondary N) is 2. The van der Waals surface area contributed by atoms with Crippen molar-refractivity contribution in [1.82, 2.24) is 20.4 Å². The van der Waals surface area contributed by atoms with Gasteiger partial charge in [0.15, 0.2) is 5.96 Å². The Morgan fingerprint density at radius 3 is 2.50 bits per heavy atom. The number of guanidine groups is 1. The van der Waals surface area contributed by atoms with E-state index in [2.05, 4.69) is 40.6 Å². The average molecular weight is 443 g/mol. The summed E-state index contributed by atoms with van der Waals surface area (Å²) in [6, 6.07) is 8.20. The number of hydrogen-bond acceptors (Lipinski definition) is 3. The normalized spacial score (nSPS) is 10.9. The molecule has 2 N–H and O–H groups in total. The second-order valence-electron chi connectivity index (χ2n) is 5.47. The predicted octanol–water partition coefficient (Wildman–Crippen LogP) is 2.40. The molecule has 0 amide bonds. The van der Waals surface area contributed by atoms with E-state index in [-0.39, 0.29) is 24.0 Å². The maximum absolute atomic E-state index is 5.77. The van der Waals surface area contributed by atoms with E-state index in [1.54, 1.807) is 13.2 Å². The summed E-state index contributed by atoms with van der Waals surface area (Å²) in [5, 5.41) is 10.6. The number of ether oxygens (including phenoxy) is 1. The third-order valence-electron chi connectivity index (χ3n) is 3.44. The van der Waals surface area contributed by atoms with Gasteiger partial charge in [0.1, 0.15) is 12.4 Å². The van der Waals surface area contributed by atoms with Crippen LogP contribution in [-0.4, -0.2) is 35.9 Å². The fraction of sp³-hybridized carbons (Fsp3) is 0.412. The Morgan fingerprint density at radius 1 is 1.21 bits per heavy atom. The van der Waals surface area contributed by atoms with Gasteiger partial charge in [-0.2, -0.15) is 5.10 Å². The molecule has 0 atom stereocenters. The van der Waals surface area contributed by atoms with Gasteiger partial charge in [0, 0.05) is 20.3 Å². The zero-order valence-electron chi connectivity index (χ0n) is 14.7. The Bertz CT molecular complexity index is 649. The van der Waals surface area contributed by atoms with Gasteiger partial charge in [0.2, 0.25) is 0 Å². The van der Waals surface area contributed by atoms with Crippen LogP contribution in [-0.2, 0) is 13.6 Å². The van der Waals surface area contributed by atoms with E-state index in [1.807, 2.05) is 29.9 Å². The van der Waals surface area contributed by atoms with E-state index < -0.39 is 0 Å². The van der Waals surface area contributed by atoms with E-state index in [0.717, 1.165) is 17.4 Å². The van der Waals surface area contributed by atoms with Crippen LogP contribution in [0.25, 0.3) is 0 Å². The molecular weight excluding hydrogens is 417 g/mol. The number of benzene rings is 1. The first-order valence-electron chi connectivity index (χ1n) is 7.71. The molecule has 1 aromatic carbocycles. The Kier molecular flexibility index (Phi) is 8.59. The molecule has 0 radical (unpaired) electrons. The van der Waals surface area contributed by atoms with E-state index >= 15 is 0 Å². The van der Waals surface area contributed by atoms with E-state index in [0.29, 0.717) is 19.7 Å². The van der Waals surface area contributed by atoms with Crippen molar-refractivity contribution in [3.8, 4) is 5.75 Å². The first-order valence-corrected chi connectivity index (χ1v) is 7.71. The lowest BCUT2D eigenvalue weighted by molar-refractivity contribution is 0.321. The lowest BCUT2D eigenvalue weighted by Gasteiger charge is -2.13. The summed E-state index contributed by atoms with van der Waals surface area (Å²) < 4.78 is 7.61. The Hall–Kier alpha value is -1.77. The van der Waals surface area contributed by atoms with Crippen LogP contribution >= 0.6 is 24.0 Å². The number of nitrogens with zero attached hydrogens (tertiary/aromatic N) is 3. The van der Waals surface area contributed by atoms with Crippen molar-refractivity contribution in [1.29, 1.82) is 0 Å². The molecule has 6 nitrogen and oxygen atoms in total. The first-order chi connectivity index (χ1) is 11.1. The third-order valence-corrected chi connectivity index (χ3v) is 3.44. The van der Waals surface area contributed by atoms with Crippen LogP contribution in [0.15, 0.2) is 35.5 Å². The van der Waals surface area contributed by atoms with Crippen LogP contribution in [0.5, 0.6) is 5.75 Å². The monoisotopic (exact) mass is 443 g/mol. The highest BCUT2D eigenvalue weighted by Crippen LogP contribution is 2.15. The van der Waals surface area contributed by atoms with Crippen molar-refractivity contribution < 1.29 is 4.74 Å². The van der Waals surface area contributed by atoms with Crippen molar-refractivity contribution in [2.24, 2.45) is 12.0 Å². The summed E-state index contributed by atoms with van der Waals surface area (Å²) in [5.41, 5.74) is 3.52. The summed E-state index contributed by atoms with van der Waals surface area (Å²) in [5.74, 6) is 1.65. The third kappa shape index (κ3) is 6.38. The Balaban J connectivity index is 0.00000288. The molecule has 0 aliphatic heterocycles. The van der Waals surface area contributed by atoms with Gasteiger partial charge in [-0.05, 0) is 43.2 Å². The van der Waals surface area contributed by atoms with Gasteiger partial charge in [0.05, 0.1) is 18.8 Å². The van der Waals surface area contributed by atoms with Crippen molar-refractivity contribution in [3.63, 3.8) is 0 Å². The summed E-state index contributed by atoms with van der Waals surface area (Å²) in [6.45, 7) is 6.08. The van der Waals surface area contributed by atoms with Crippen LogP contribution in [0.2, 0.25) is 0 Å². The van der Waals surface area contributed by atoms with Crippen molar-refractivity contribution >= 4 is 29.9 Å². The molecule has 0 unspecified atom stereocenters. The van der Waals surface area contributed by atoms with E-state index in [4.69, 9.17) is 4.74 Å². The molecule has 0 aliphatic carbocycles. The molecule has 7 heteroatoms. The van der Waals surface area contributed by atoms with Gasteiger partial charge >= 0.3 is 0 Å². The minimum atomic E-state index is 0. The summed E-state index contributed by atoms with van der Waals surface area (Å²) >= 11 is 0. The molecule has 0 bridgehead atoms. The summed E-state index contributed by atoms with van der Waals surface area (Å²) in [4.78, 5) is 4.20. The van der Waals surface area contributed by atoms with E-state index in [1.165, 1.54) is 11.1 Å². The minimum absolute atomic E-state index is 0. The van der Waals surface area contributed by atoms with Gasteiger partial charge in [0.25, 0.3) is 0 Å². The topological polar surface area (TPSA) is 63.5 Å². The summed E-state index contributed by atoms with van der Waals surface area (Å²) in [7, 11) is 3.67. The molecule has 0 aliphatic rings. The van der Waals surface area contributed by atoms with Crippen molar-refractivity contribution in [2.45, 2.75) is 20.4 Å². The van der Waals surface area contributed by atoms with Crippen LogP contribution in [0, 0.1) is 13.8 Å². The molecule has 0 fully saturated rings. The van der Waals surface area contributed by atoms with Crippen LogP contribution < -0.4 is 15.4 Å². The highest BCUT2D eigenvalue weighted by Gasteiger charge is 2.02. The lowest BCUT2D eigenvalue weighted by atomic mass is 10.1. The van der Waals surface area contributed by atoms with Gasteiger partial charge in [-0.25, -0.2) is 0 Å². The molecule has 132 valence electrons. The average Bonchev–Trinajstić information content (AvgIpc) is 2.91. The second-order valence-corrected chi connectivity index (χ2v) is 5.47. The zero-order chi connectivity index (χ0) is 16.7. The minimum Gasteiger partial charge on any atom is -0.492 e. The van der Waals surface area contributed by atoms with E-state index in [9.17, 15) is 0 Å². The van der Waals surface area contributed by atoms with Crippen LogP contribution in [0.1, 0.15) is 16.8 Å². The van der Waals surface area contributed by atoms with Gasteiger partial charge in [-0.15, -0.1) is 24.0 Å². The maximum atomic E-state index is 5.77. The number of halogens is 1. The zero-order valence-corrected chi connectivity index (χ0v) is 17.0. The van der Waals surface area contributed by atoms with Crippen LogP contribution in [0.4, 0.5) is 0 Å². The predicted molar refractivity (Wildman–Crippen MR) is 108 cm³/mol. The van der Waals surface area contributed by atoms with Gasteiger partial charge in [-0.3, -0.25) is 9.67 Å². The van der Waals surface area contributed by atoms with Gasteiger partial charge in [-0.1, -0.05) is 6.07 Å². The lowest BCUT2D eigenvalue weighted by Crippen LogP contribution is -2.39. The molecule has 1 heterocycles. The molecule has 1 aromatic heterocycles. The molecule has 0 spiro atoms. The fourth-order valence-electron chi connectivity index (χ4n) is 2.32. The van der Waals surface area contributed by atoms with Gasteiger partial charge < -0.3 is 15.4 Å². The molecular formula is C17H26IN5O. The highest BCUT2D eigenvalue weighted by molar-refractivity contribution is 14.0. The summed E-state index contributed by atoms with van der Waals surface area (Å²) in [6.07, 6.45) is 1.78. The van der Waals surface area contributed by atoms with Crippen LogP contribution in [0.3, 0.4) is 0 Å². The smallest absolute Gasteiger partial charge is 0.191 e. The van der Waals surface area contributed by atoms with Crippen molar-refractivity contribution in [2.75, 3.05) is 20.2 Å². The standard InChI is InChI=1S/C17H25N5O.HI/c1-13-9-14(2)11-16(10-13)23-8-7-19-17(18-3)20-12-15-5-6-21-22(15)4;/h5-6,9-11H,7-8,12H2,1-4H3,(H2,18,19,20);1H. The quantitative estimate of drug-likeness (QED) is 0.312. The maximum Gasteiger partial charge on any atom is 0.191 e. The fourth-order valence-corrected chi connectivity index (χ4v) is 2.32. The Morgan fingerprint density at radius 2 is 1.92 bits per heavy atom. The number of aryl methyl sites for hydroxylation is 3. The highest BCUT2D eigenvalue weighted by atomic mass is 127. The molecule has 24 heavy (non-hydrogen) atoms. The molecule has 2 aromatic rings. The SMILES string of the molecule is CN=C(NCCOc1cc(C)cc(C)c1)NCc1ccnn1C.I. The number of aliphatic imine (C=N–C) groups is 1. The molecule has 0 saturated heterocycles. The Labute approximate surface area is 160 Å². The number of hydrogen-bond donors (Lipinski definition) is 2. The van der Waals surface area contributed by atoms with Crippen molar-refractivity contribution in [3.05, 3.63) is 47.3 Å². The molecule has 2 rings (SSSR count). The number of aromatic nitrogens is 2. The number of rotatable bonds is 6. The second kappa shape index (κ2) is 10.2.